The van der Waals surface area contributed by atoms with E-state index in [4.69, 9.17) is 0 Å². The van der Waals surface area contributed by atoms with Crippen LogP contribution in [0.25, 0.3) is 66.1 Å². The summed E-state index contributed by atoms with van der Waals surface area (Å²) in [6.07, 6.45) is 0. The van der Waals surface area contributed by atoms with Crippen LogP contribution in [0.2, 0.25) is 0 Å². The molecule has 0 unspecified atom stereocenters. The van der Waals surface area contributed by atoms with Crippen molar-refractivity contribution in [3.63, 3.8) is 0 Å². The molecule has 0 spiro atoms. The maximum absolute atomic E-state index is 3.06. The quantitative estimate of drug-likeness (QED) is 0.122. The van der Waals surface area contributed by atoms with E-state index in [0.29, 0.717) is 0 Å². The van der Waals surface area contributed by atoms with Crippen molar-refractivity contribution in [3.05, 3.63) is 191 Å². The Balaban J connectivity index is 0.000000413. The average molecular weight is 1010 g/mol. The van der Waals surface area contributed by atoms with E-state index in [1.807, 2.05) is 0 Å². The second-order valence-corrected chi connectivity index (χ2v) is 20.3. The van der Waals surface area contributed by atoms with Crippen LogP contribution in [0.5, 0.6) is 0 Å². The first-order valence-electron chi connectivity index (χ1n) is 22.2. The van der Waals surface area contributed by atoms with Gasteiger partial charge < -0.3 is 14.9 Å². The molecule has 0 heterocycles. The summed E-state index contributed by atoms with van der Waals surface area (Å²) >= 11 is 1.36. The van der Waals surface area contributed by atoms with Crippen LogP contribution < -0.4 is 0 Å². The van der Waals surface area contributed by atoms with Gasteiger partial charge in [-0.3, -0.25) is 0 Å². The number of fused-ring (bicyclic) bond motifs is 2. The molecule has 0 saturated heterocycles. The van der Waals surface area contributed by atoms with E-state index >= 15 is 0 Å². The maximum atomic E-state index is 3.06. The molecule has 0 amide bonds. The summed E-state index contributed by atoms with van der Waals surface area (Å²) in [5.74, 6) is 0. The van der Waals surface area contributed by atoms with Crippen molar-refractivity contribution in [2.24, 2.45) is 0 Å². The van der Waals surface area contributed by atoms with Crippen LogP contribution in [0.15, 0.2) is 109 Å². The number of hydrogen-bond acceptors (Lipinski definition) is 0. The van der Waals surface area contributed by atoms with E-state index in [1.165, 1.54) is 156 Å². The van der Waals surface area contributed by atoms with Crippen molar-refractivity contribution >= 4 is 53.2 Å². The van der Waals surface area contributed by atoms with E-state index in [1.54, 1.807) is 0 Å². The number of halogens is 2. The molecule has 0 aromatic heterocycles. The zero-order valence-electron chi connectivity index (χ0n) is 43.2. The third-order valence-corrected chi connectivity index (χ3v) is 12.4. The summed E-state index contributed by atoms with van der Waals surface area (Å²) in [5.41, 5.74) is 27.1. The first-order valence-corrected chi connectivity index (χ1v) is 26.3. The van der Waals surface area contributed by atoms with E-state index in [0.717, 1.165) is 0 Å². The normalized spacial score (nSPS) is 11.0. The van der Waals surface area contributed by atoms with Gasteiger partial charge in [-0.05, 0) is 77.3 Å². The van der Waals surface area contributed by atoms with Gasteiger partial charge in [0.25, 0.3) is 0 Å². The molecule has 0 aliphatic heterocycles. The summed E-state index contributed by atoms with van der Waals surface area (Å²) in [6.45, 7) is 39.1. The van der Waals surface area contributed by atoms with E-state index in [-0.39, 0.29) is 50.5 Å². The van der Waals surface area contributed by atoms with Gasteiger partial charge in [-0.25, -0.2) is 0 Å². The molecule has 0 N–H and O–H groups in total. The van der Waals surface area contributed by atoms with E-state index in [2.05, 4.69) is 227 Å². The monoisotopic (exact) mass is 1010 g/mol. The number of benzene rings is 6. The van der Waals surface area contributed by atoms with Gasteiger partial charge in [-0.15, -0.1) is 69.6 Å². The van der Waals surface area contributed by atoms with Crippen LogP contribution in [0.4, 0.5) is 0 Å². The summed E-state index contributed by atoms with van der Waals surface area (Å²) in [7, 11) is 0. The molecule has 0 atom stereocenters. The predicted octanol–water partition coefficient (Wildman–Crippen LogP) is 18.8. The van der Waals surface area contributed by atoms with Crippen molar-refractivity contribution in [1.82, 2.24) is 0 Å². The average Bonchev–Trinajstić information content (AvgIpc) is 3.71. The summed E-state index contributed by atoms with van der Waals surface area (Å²) in [4.78, 5) is 0. The van der Waals surface area contributed by atoms with E-state index in [9.17, 15) is 0 Å². The molecule has 0 aliphatic carbocycles. The Labute approximate surface area is 430 Å². The minimum absolute atomic E-state index is 0. The molecule has 0 fully saturated rings. The molecule has 2 radical (unpaired) electrons. The molecule has 0 nitrogen and oxygen atoms in total. The standard InChI is InChI=1S/2C30H33.2CH3.2ClH.Si.Zr/c2*1-18-11-19(2)14-23(13-18)25-9-10-26(24-15-20(3)12-21(4)16-24)29-22(5)28(17-27(25)29)30(6,7)8;;;;;;/h2*9-17H,1-8H3;2*1H3;2*1H;;/q4*-1;;;;. The molecule has 0 saturated carbocycles. The molecular weight excluding hydrogens is 935 g/mol. The van der Waals surface area contributed by atoms with Gasteiger partial charge in [0.15, 0.2) is 0 Å². The Bertz CT molecular complexity index is 2680. The van der Waals surface area contributed by atoms with Crippen LogP contribution in [-0.2, 0) is 34.2 Å². The predicted molar refractivity (Wildman–Crippen MR) is 299 cm³/mol. The minimum atomic E-state index is 0. The van der Waals surface area contributed by atoms with Gasteiger partial charge in [0.05, 0.1) is 0 Å². The van der Waals surface area contributed by atoms with Crippen molar-refractivity contribution in [3.8, 4) is 44.5 Å². The first kappa shape index (κ1) is 58.3. The number of hydrogen-bond donors (Lipinski definition) is 0. The molecule has 8 rings (SSSR count). The zero-order valence-corrected chi connectivity index (χ0v) is 48.3. The second kappa shape index (κ2) is 23.0. The van der Waals surface area contributed by atoms with Crippen LogP contribution in [0, 0.1) is 84.1 Å². The molecule has 4 heteroatoms. The van der Waals surface area contributed by atoms with Crippen LogP contribution in [0.3, 0.4) is 0 Å². The van der Waals surface area contributed by atoms with Crippen molar-refractivity contribution in [2.75, 3.05) is 0 Å². The fraction of sp³-hybridized carbons (Fsp3) is 0.290. The SMILES string of the molecule is Cc1cc(C)cc(-c2ccc(-c3cc(C)cc(C)c3)c3c(C)c(C(C)(C)C)[cH-]c23)c1.Cc1cc(C)cc(-c2ccc(-c3cc(C)cc(C)c3)c3c(C)c(C(C)(C)C)[cH-]c23)c1.Cl.Cl.[CH3-].[CH3-].[Si]=[Zr]. The summed E-state index contributed by atoms with van der Waals surface area (Å²) < 4.78 is 0. The van der Waals surface area contributed by atoms with Crippen LogP contribution >= 0.6 is 24.8 Å². The molecule has 0 bridgehead atoms. The second-order valence-electron chi connectivity index (χ2n) is 20.3. The van der Waals surface area contributed by atoms with E-state index < -0.39 is 0 Å². The van der Waals surface area contributed by atoms with Crippen molar-refractivity contribution in [2.45, 2.75) is 122 Å². The van der Waals surface area contributed by atoms with Gasteiger partial charge in [0.1, 0.15) is 0 Å². The van der Waals surface area contributed by atoms with Gasteiger partial charge >= 0.3 is 30.2 Å². The molecular formula is C62H74Cl2SiZr-4. The molecule has 348 valence electrons. The number of aryl methyl sites for hydroxylation is 10. The Morgan fingerprint density at radius 3 is 0.758 bits per heavy atom. The molecule has 66 heavy (non-hydrogen) atoms. The summed E-state index contributed by atoms with van der Waals surface area (Å²) in [5, 5.41) is 5.56. The van der Waals surface area contributed by atoms with Gasteiger partial charge in [-0.2, -0.15) is 11.1 Å². The van der Waals surface area contributed by atoms with Crippen molar-refractivity contribution < 1.29 is 23.3 Å². The first-order chi connectivity index (χ1) is 29.1. The third kappa shape index (κ3) is 12.5. The fourth-order valence-corrected chi connectivity index (χ4v) is 10.2. The molecule has 0 aliphatic rings. The topological polar surface area (TPSA) is 0 Å². The van der Waals surface area contributed by atoms with Crippen LogP contribution in [0.1, 0.15) is 108 Å². The zero-order chi connectivity index (χ0) is 45.6. The Morgan fingerprint density at radius 2 is 0.545 bits per heavy atom. The Hall–Kier alpha value is -3.78. The molecule has 8 aromatic carbocycles. The van der Waals surface area contributed by atoms with Gasteiger partial charge in [0.2, 0.25) is 0 Å². The number of rotatable bonds is 4. The molecule has 8 aromatic rings. The van der Waals surface area contributed by atoms with Crippen LogP contribution in [-0.4, -0.2) is 6.88 Å². The van der Waals surface area contributed by atoms with Gasteiger partial charge in [-0.1, -0.05) is 230 Å². The third-order valence-electron chi connectivity index (χ3n) is 12.4. The Morgan fingerprint density at radius 1 is 0.348 bits per heavy atom. The van der Waals surface area contributed by atoms with Gasteiger partial charge in [0, 0.05) is 0 Å². The fourth-order valence-electron chi connectivity index (χ4n) is 10.2. The Kier molecular flexibility index (Phi) is 20.3. The van der Waals surface area contributed by atoms with Crippen molar-refractivity contribution in [1.29, 1.82) is 0 Å². The summed E-state index contributed by atoms with van der Waals surface area (Å²) in [6, 6.07) is 41.8.